The van der Waals surface area contributed by atoms with Gasteiger partial charge < -0.3 is 10.2 Å². The highest BCUT2D eigenvalue weighted by Crippen LogP contribution is 2.42. The first-order valence-electron chi connectivity index (χ1n) is 10.2. The third kappa shape index (κ3) is 3.95. The van der Waals surface area contributed by atoms with Gasteiger partial charge in [0.1, 0.15) is 23.0 Å². The molecule has 162 valence electrons. The van der Waals surface area contributed by atoms with Crippen LogP contribution in [0.4, 0.5) is 4.39 Å². The van der Waals surface area contributed by atoms with E-state index in [9.17, 15) is 14.6 Å². The van der Waals surface area contributed by atoms with Crippen LogP contribution < -0.4 is 0 Å². The molecule has 0 bridgehead atoms. The summed E-state index contributed by atoms with van der Waals surface area (Å²) in [4.78, 5) is 0. The lowest BCUT2D eigenvalue weighted by Gasteiger charge is -2.11. The molecule has 1 aromatic heterocycles. The zero-order valence-corrected chi connectivity index (χ0v) is 18.0. The average molecular weight is 457 g/mol. The number of hydrogen-bond acceptors (Lipinski definition) is 3. The van der Waals surface area contributed by atoms with Gasteiger partial charge in [0.25, 0.3) is 0 Å². The number of nitrogens with zero attached hydrogens (tertiary/aromatic N) is 2. The minimum absolute atomic E-state index is 0.00731. The first kappa shape index (κ1) is 20.8. The van der Waals surface area contributed by atoms with Crippen molar-refractivity contribution in [2.75, 3.05) is 0 Å². The molecule has 0 radical (unpaired) electrons. The van der Waals surface area contributed by atoms with Crippen LogP contribution in [0.25, 0.3) is 39.3 Å². The molecule has 0 aliphatic heterocycles. The Morgan fingerprint density at radius 3 is 1.91 bits per heavy atom. The zero-order chi connectivity index (χ0) is 22.9. The van der Waals surface area contributed by atoms with E-state index in [0.717, 1.165) is 27.9 Å². The van der Waals surface area contributed by atoms with E-state index in [1.165, 1.54) is 12.1 Å². The van der Waals surface area contributed by atoms with Crippen molar-refractivity contribution in [1.29, 1.82) is 0 Å². The summed E-state index contributed by atoms with van der Waals surface area (Å²) < 4.78 is 15.6. The molecule has 0 spiro atoms. The summed E-state index contributed by atoms with van der Waals surface area (Å²) in [5.74, 6) is -0.209. The number of phenols is 2. The molecular weight excluding hydrogens is 439 g/mol. The quantitative estimate of drug-likeness (QED) is 0.304. The number of benzene rings is 4. The van der Waals surface area contributed by atoms with Gasteiger partial charge in [-0.15, -0.1) is 0 Å². The Bertz CT molecular complexity index is 1430. The van der Waals surface area contributed by atoms with Gasteiger partial charge in [-0.3, -0.25) is 0 Å². The van der Waals surface area contributed by atoms with Crippen molar-refractivity contribution in [2.24, 2.45) is 0 Å². The van der Waals surface area contributed by atoms with Gasteiger partial charge in [-0.1, -0.05) is 41.9 Å². The van der Waals surface area contributed by atoms with Crippen LogP contribution in [0.3, 0.4) is 0 Å². The molecule has 0 saturated carbocycles. The Morgan fingerprint density at radius 1 is 0.697 bits per heavy atom. The monoisotopic (exact) mass is 456 g/mol. The van der Waals surface area contributed by atoms with Gasteiger partial charge >= 0.3 is 0 Å². The standard InChI is InChI=1S/C27H18ClFN2O2/c28-23-16-20(10-15-24(23)29)31-27(19-8-13-22(33)14-9-19)25(17-4-2-1-3-5-17)26(30-31)18-6-11-21(32)12-7-18/h1-16,32-33H. The number of aromatic nitrogens is 2. The fourth-order valence-electron chi connectivity index (χ4n) is 3.81. The van der Waals surface area contributed by atoms with Crippen LogP contribution in [0.5, 0.6) is 11.5 Å². The molecular formula is C27H18ClFN2O2. The molecule has 6 heteroatoms. The first-order chi connectivity index (χ1) is 16.0. The van der Waals surface area contributed by atoms with Crippen LogP contribution in [-0.2, 0) is 0 Å². The van der Waals surface area contributed by atoms with E-state index in [-0.39, 0.29) is 16.5 Å². The minimum Gasteiger partial charge on any atom is -0.508 e. The topological polar surface area (TPSA) is 58.3 Å². The number of hydrogen-bond donors (Lipinski definition) is 2. The Morgan fingerprint density at radius 2 is 1.30 bits per heavy atom. The molecule has 4 nitrogen and oxygen atoms in total. The number of rotatable bonds is 4. The normalized spacial score (nSPS) is 11.0. The SMILES string of the molecule is Oc1ccc(-c2nn(-c3ccc(F)c(Cl)c3)c(-c3ccc(O)cc3)c2-c2ccccc2)cc1. The van der Waals surface area contributed by atoms with E-state index in [2.05, 4.69) is 0 Å². The molecule has 2 N–H and O–H groups in total. The van der Waals surface area contributed by atoms with Gasteiger partial charge in [-0.05, 0) is 72.3 Å². The summed E-state index contributed by atoms with van der Waals surface area (Å²) in [5, 5.41) is 24.5. The largest absolute Gasteiger partial charge is 0.508 e. The van der Waals surface area contributed by atoms with Gasteiger partial charge in [0.2, 0.25) is 0 Å². The highest BCUT2D eigenvalue weighted by atomic mass is 35.5. The van der Waals surface area contributed by atoms with Gasteiger partial charge in [0.15, 0.2) is 0 Å². The molecule has 1 heterocycles. The maximum absolute atomic E-state index is 13.9. The maximum atomic E-state index is 13.9. The van der Waals surface area contributed by atoms with Crippen molar-refractivity contribution in [3.63, 3.8) is 0 Å². The summed E-state index contributed by atoms with van der Waals surface area (Å²) >= 11 is 6.10. The fraction of sp³-hybridized carbons (Fsp3) is 0. The Labute approximate surface area is 194 Å². The second-order valence-corrected chi connectivity index (χ2v) is 7.95. The third-order valence-electron chi connectivity index (χ3n) is 5.38. The molecule has 0 atom stereocenters. The van der Waals surface area contributed by atoms with Crippen molar-refractivity contribution >= 4 is 11.6 Å². The number of halogens is 2. The van der Waals surface area contributed by atoms with Gasteiger partial charge in [0, 0.05) is 16.7 Å². The fourth-order valence-corrected chi connectivity index (χ4v) is 3.98. The van der Waals surface area contributed by atoms with Crippen LogP contribution in [-0.4, -0.2) is 20.0 Å². The molecule has 0 amide bonds. The highest BCUT2D eigenvalue weighted by Gasteiger charge is 2.23. The number of phenolic OH excluding ortho intramolecular Hbond substituents is 2. The van der Waals surface area contributed by atoms with Crippen LogP contribution >= 0.6 is 11.6 Å². The van der Waals surface area contributed by atoms with Gasteiger partial charge in [-0.25, -0.2) is 9.07 Å². The van der Waals surface area contributed by atoms with E-state index in [1.54, 1.807) is 59.3 Å². The van der Waals surface area contributed by atoms with Crippen molar-refractivity contribution in [3.8, 4) is 50.8 Å². The molecule has 0 aliphatic carbocycles. The van der Waals surface area contributed by atoms with Crippen molar-refractivity contribution in [3.05, 3.63) is 108 Å². The molecule has 5 rings (SSSR count). The Hall–Kier alpha value is -4.09. The molecule has 33 heavy (non-hydrogen) atoms. The molecule has 0 fully saturated rings. The first-order valence-corrected chi connectivity index (χ1v) is 10.6. The van der Waals surface area contributed by atoms with Crippen LogP contribution in [0, 0.1) is 5.82 Å². The zero-order valence-electron chi connectivity index (χ0n) is 17.3. The molecule has 0 aliphatic rings. The van der Waals surface area contributed by atoms with Crippen LogP contribution in [0.1, 0.15) is 0 Å². The predicted molar refractivity (Wildman–Crippen MR) is 128 cm³/mol. The smallest absolute Gasteiger partial charge is 0.141 e. The Kier molecular flexibility index (Phi) is 5.32. The summed E-state index contributed by atoms with van der Waals surface area (Å²) in [5.41, 5.74) is 5.43. The second-order valence-electron chi connectivity index (χ2n) is 7.54. The lowest BCUT2D eigenvalue weighted by Crippen LogP contribution is -2.00. The maximum Gasteiger partial charge on any atom is 0.141 e. The highest BCUT2D eigenvalue weighted by molar-refractivity contribution is 6.30. The van der Waals surface area contributed by atoms with Crippen molar-refractivity contribution in [2.45, 2.75) is 0 Å². The summed E-state index contributed by atoms with van der Waals surface area (Å²) in [7, 11) is 0. The lowest BCUT2D eigenvalue weighted by atomic mass is 9.95. The van der Waals surface area contributed by atoms with E-state index in [4.69, 9.17) is 16.7 Å². The van der Waals surface area contributed by atoms with Gasteiger partial charge in [-0.2, -0.15) is 5.10 Å². The number of aromatic hydroxyl groups is 2. The van der Waals surface area contributed by atoms with Crippen LogP contribution in [0.15, 0.2) is 97.1 Å². The summed E-state index contributed by atoms with van der Waals surface area (Å²) in [6, 6.07) is 27.9. The van der Waals surface area contributed by atoms with E-state index < -0.39 is 5.82 Å². The molecule has 5 aromatic rings. The average Bonchev–Trinajstić information content (AvgIpc) is 3.23. The van der Waals surface area contributed by atoms with E-state index in [1.807, 2.05) is 30.3 Å². The lowest BCUT2D eigenvalue weighted by molar-refractivity contribution is 0.475. The van der Waals surface area contributed by atoms with Crippen molar-refractivity contribution < 1.29 is 14.6 Å². The van der Waals surface area contributed by atoms with E-state index in [0.29, 0.717) is 11.4 Å². The third-order valence-corrected chi connectivity index (χ3v) is 5.67. The molecule has 0 unspecified atom stereocenters. The molecule has 4 aromatic carbocycles. The van der Waals surface area contributed by atoms with E-state index >= 15 is 0 Å². The van der Waals surface area contributed by atoms with Crippen LogP contribution in [0.2, 0.25) is 5.02 Å². The second kappa shape index (κ2) is 8.45. The molecule has 0 saturated heterocycles. The Balaban J connectivity index is 1.88. The minimum atomic E-state index is -0.513. The van der Waals surface area contributed by atoms with Crippen molar-refractivity contribution in [1.82, 2.24) is 9.78 Å². The predicted octanol–water partition coefficient (Wildman–Crippen LogP) is 7.08. The summed E-state index contributed by atoms with van der Waals surface area (Å²) in [6.07, 6.45) is 0. The van der Waals surface area contributed by atoms with Gasteiger partial charge in [0.05, 0.1) is 16.4 Å². The summed E-state index contributed by atoms with van der Waals surface area (Å²) in [6.45, 7) is 0.